The van der Waals surface area contributed by atoms with Crippen LogP contribution in [0, 0.1) is 0 Å². The van der Waals surface area contributed by atoms with Crippen LogP contribution < -0.4 is 24.6 Å². The van der Waals surface area contributed by atoms with Crippen molar-refractivity contribution in [2.75, 3.05) is 19.8 Å². The summed E-state index contributed by atoms with van der Waals surface area (Å²) in [5.74, 6) is 1.67. The molecule has 2 saturated heterocycles. The number of hydrogen-bond acceptors (Lipinski definition) is 10. The molecule has 276 valence electrons. The monoisotopic (exact) mass is 712 g/mol. The minimum absolute atomic E-state index is 0.0113. The summed E-state index contributed by atoms with van der Waals surface area (Å²) in [6, 6.07) is 8.82. The topological polar surface area (TPSA) is 111 Å². The van der Waals surface area contributed by atoms with Crippen molar-refractivity contribution < 1.29 is 42.0 Å². The third kappa shape index (κ3) is 6.84. The summed E-state index contributed by atoms with van der Waals surface area (Å²) in [5.41, 5.74) is 4.65. The van der Waals surface area contributed by atoms with Gasteiger partial charge in [-0.15, -0.1) is 0 Å². The second kappa shape index (κ2) is 13.3. The number of furan rings is 1. The van der Waals surface area contributed by atoms with Gasteiger partial charge in [0.05, 0.1) is 47.1 Å². The third-order valence-corrected chi connectivity index (χ3v) is 10.9. The molecule has 4 aromatic rings. The van der Waals surface area contributed by atoms with Crippen molar-refractivity contribution in [1.29, 1.82) is 0 Å². The van der Waals surface area contributed by atoms with E-state index in [2.05, 4.69) is 53.7 Å². The van der Waals surface area contributed by atoms with E-state index < -0.39 is 17.2 Å². The first kappa shape index (κ1) is 34.8. The molecule has 4 aliphatic rings. The number of epoxide rings is 1. The van der Waals surface area contributed by atoms with E-state index >= 15 is 0 Å². The molecular weight excluding hydrogens is 664 g/mol. The van der Waals surface area contributed by atoms with Crippen LogP contribution in [0.1, 0.15) is 84.8 Å². The van der Waals surface area contributed by atoms with E-state index in [0.717, 1.165) is 59.8 Å². The van der Waals surface area contributed by atoms with Crippen molar-refractivity contribution >= 4 is 21.9 Å². The average Bonchev–Trinajstić information content (AvgIpc) is 3.49. The van der Waals surface area contributed by atoms with Crippen molar-refractivity contribution in [3.8, 4) is 23.0 Å². The van der Waals surface area contributed by atoms with Gasteiger partial charge in [-0.25, -0.2) is 4.79 Å². The van der Waals surface area contributed by atoms with Gasteiger partial charge in [-0.1, -0.05) is 11.1 Å². The average molecular weight is 713 g/mol. The highest BCUT2D eigenvalue weighted by Crippen LogP contribution is 2.50. The fourth-order valence-electron chi connectivity index (χ4n) is 7.70. The second-order valence-electron chi connectivity index (χ2n) is 15.6. The fraction of sp³-hybridized carbons (Fsp3) is 0.500. The molecule has 2 fully saturated rings. The number of fused-ring (bicyclic) bond motifs is 4. The molecule has 0 radical (unpaired) electrons. The number of benzene rings is 2. The Morgan fingerprint density at radius 1 is 0.808 bits per heavy atom. The second-order valence-corrected chi connectivity index (χ2v) is 15.6. The molecule has 1 spiro atoms. The maximum absolute atomic E-state index is 11.8. The zero-order valence-electron chi connectivity index (χ0n) is 30.9. The smallest absolute Gasteiger partial charge is 0.336 e. The lowest BCUT2D eigenvalue weighted by Crippen LogP contribution is -2.42. The summed E-state index contributed by atoms with van der Waals surface area (Å²) in [4.78, 5) is 11.8. The lowest BCUT2D eigenvalue weighted by molar-refractivity contribution is -0.312. The lowest BCUT2D eigenvalue weighted by atomic mass is 9.96. The van der Waals surface area contributed by atoms with E-state index in [1.807, 2.05) is 12.1 Å². The standard InChI is InChI=1S/C42H48O10/c1-25(7-10-35-40(3,4)50-35)15-20-47-39-28-13-18-42(49-34(28)24-32-30(39)17-22-45-32)51-36(41(5,6)52-42)11-8-26(2)14-19-46-38-27-9-12-37(43)48-33(27)23-31-29(38)16-21-44-31/h9,12,14-15,17,22-24,35-36H,7-8,10-11,13,16,18-21H2,1-6H3/b25-15+,26-14+. The van der Waals surface area contributed by atoms with Crippen LogP contribution in [0.5, 0.6) is 23.0 Å². The van der Waals surface area contributed by atoms with Gasteiger partial charge >= 0.3 is 11.6 Å². The summed E-state index contributed by atoms with van der Waals surface area (Å²) in [7, 11) is 0. The van der Waals surface area contributed by atoms with Gasteiger partial charge in [-0.3, -0.25) is 0 Å². The first-order valence-corrected chi connectivity index (χ1v) is 18.5. The molecule has 3 atom stereocenters. The lowest BCUT2D eigenvalue weighted by Gasteiger charge is -2.34. The van der Waals surface area contributed by atoms with E-state index in [1.54, 1.807) is 18.4 Å². The molecule has 0 N–H and O–H groups in total. The minimum atomic E-state index is -1.19. The summed E-state index contributed by atoms with van der Waals surface area (Å²) >= 11 is 0. The number of ether oxygens (including phenoxy) is 7. The van der Waals surface area contributed by atoms with Crippen molar-refractivity contribution in [1.82, 2.24) is 0 Å². The highest BCUT2D eigenvalue weighted by atomic mass is 16.9. The van der Waals surface area contributed by atoms with Crippen LogP contribution >= 0.6 is 0 Å². The van der Waals surface area contributed by atoms with E-state index in [4.69, 9.17) is 42.0 Å². The Labute approximate surface area is 303 Å². The highest BCUT2D eigenvalue weighted by molar-refractivity contribution is 5.88. The Kier molecular flexibility index (Phi) is 8.91. The van der Waals surface area contributed by atoms with Gasteiger partial charge in [-0.05, 0) is 97.9 Å². The van der Waals surface area contributed by atoms with Crippen LogP contribution in [0.4, 0.5) is 0 Å². The Morgan fingerprint density at radius 2 is 1.44 bits per heavy atom. The van der Waals surface area contributed by atoms with Gasteiger partial charge in [-0.2, -0.15) is 0 Å². The van der Waals surface area contributed by atoms with Gasteiger partial charge in [0.15, 0.2) is 0 Å². The molecule has 0 bridgehead atoms. The first-order chi connectivity index (χ1) is 24.9. The SMILES string of the molecule is C/C(=C\COc1c2c(cc3occc13)OC1(CC2)OC(CC/C(C)=C/COc2c3c(cc4oc(=O)ccc24)OCC3)C(C)(C)O1)CCC1OC1(C)C. The number of rotatable bonds is 12. The van der Waals surface area contributed by atoms with Crippen LogP contribution in [0.2, 0.25) is 0 Å². The molecule has 4 aliphatic heterocycles. The van der Waals surface area contributed by atoms with Crippen molar-refractivity contribution in [2.45, 2.75) is 116 Å². The van der Waals surface area contributed by atoms with E-state index in [1.165, 1.54) is 17.2 Å². The van der Waals surface area contributed by atoms with Crippen LogP contribution in [0.15, 0.2) is 73.5 Å². The van der Waals surface area contributed by atoms with Crippen LogP contribution in [0.25, 0.3) is 21.9 Å². The van der Waals surface area contributed by atoms with Gasteiger partial charge < -0.3 is 42.0 Å². The first-order valence-electron chi connectivity index (χ1n) is 18.5. The van der Waals surface area contributed by atoms with Gasteiger partial charge in [0.2, 0.25) is 0 Å². The Bertz CT molecular complexity index is 2120. The minimum Gasteiger partial charge on any atom is -0.493 e. The maximum Gasteiger partial charge on any atom is 0.336 e. The Morgan fingerprint density at radius 3 is 2.13 bits per heavy atom. The van der Waals surface area contributed by atoms with Crippen molar-refractivity contribution in [3.05, 3.63) is 81.4 Å². The number of allylic oxidation sites excluding steroid dienone is 2. The zero-order valence-corrected chi connectivity index (χ0v) is 30.9. The van der Waals surface area contributed by atoms with E-state index in [0.29, 0.717) is 67.2 Å². The van der Waals surface area contributed by atoms with Crippen LogP contribution in [-0.4, -0.2) is 49.2 Å². The summed E-state index contributed by atoms with van der Waals surface area (Å²) < 4.78 is 55.3. The number of hydrogen-bond donors (Lipinski definition) is 0. The molecule has 2 aromatic heterocycles. The highest BCUT2D eigenvalue weighted by Gasteiger charge is 2.55. The normalized spacial score (nSPS) is 24.5. The largest absolute Gasteiger partial charge is 0.493 e. The molecule has 2 aromatic carbocycles. The van der Waals surface area contributed by atoms with Crippen LogP contribution in [0.3, 0.4) is 0 Å². The summed E-state index contributed by atoms with van der Waals surface area (Å²) in [6.07, 6.45) is 11.6. The summed E-state index contributed by atoms with van der Waals surface area (Å²) in [5, 5.41) is 1.70. The molecule has 52 heavy (non-hydrogen) atoms. The molecule has 6 heterocycles. The molecule has 0 amide bonds. The van der Waals surface area contributed by atoms with Crippen molar-refractivity contribution in [3.63, 3.8) is 0 Å². The zero-order chi connectivity index (χ0) is 36.3. The fourth-order valence-corrected chi connectivity index (χ4v) is 7.70. The maximum atomic E-state index is 11.8. The predicted octanol–water partition coefficient (Wildman–Crippen LogP) is 8.74. The van der Waals surface area contributed by atoms with Gasteiger partial charge in [0, 0.05) is 42.2 Å². The Hall–Kier alpha value is -4.25. The van der Waals surface area contributed by atoms with Crippen LogP contribution in [-0.2, 0) is 27.1 Å². The quantitative estimate of drug-likeness (QED) is 0.0803. The molecule has 0 aliphatic carbocycles. The predicted molar refractivity (Wildman–Crippen MR) is 196 cm³/mol. The molecule has 10 heteroatoms. The van der Waals surface area contributed by atoms with Gasteiger partial charge in [0.25, 0.3) is 0 Å². The van der Waals surface area contributed by atoms with Crippen molar-refractivity contribution in [2.24, 2.45) is 0 Å². The van der Waals surface area contributed by atoms with E-state index in [9.17, 15) is 4.79 Å². The third-order valence-electron chi connectivity index (χ3n) is 10.9. The molecule has 10 nitrogen and oxygen atoms in total. The van der Waals surface area contributed by atoms with Gasteiger partial charge in [0.1, 0.15) is 47.4 Å². The summed E-state index contributed by atoms with van der Waals surface area (Å²) in [6.45, 7) is 14.1. The van der Waals surface area contributed by atoms with E-state index in [-0.39, 0.29) is 11.7 Å². The molecular formula is C42H48O10. The molecule has 3 unspecified atom stereocenters. The molecule has 8 rings (SSSR count). The molecule has 0 saturated carbocycles. The Balaban J connectivity index is 0.905.